The van der Waals surface area contributed by atoms with Crippen molar-refractivity contribution in [3.63, 3.8) is 0 Å². The molecule has 0 spiro atoms. The first kappa shape index (κ1) is 23.5. The second-order valence-electron chi connectivity index (χ2n) is 8.61. The molecule has 166 valence electrons. The lowest BCUT2D eigenvalue weighted by Gasteiger charge is -2.47. The summed E-state index contributed by atoms with van der Waals surface area (Å²) in [6, 6.07) is 6.01. The number of fused-ring (bicyclic) bond motifs is 1. The van der Waals surface area contributed by atoms with Crippen LogP contribution < -0.4 is 10.3 Å². The zero-order valence-electron chi connectivity index (χ0n) is 19.0. The molecule has 1 amide bonds. The minimum atomic E-state index is -0.217. The Morgan fingerprint density at radius 1 is 1.32 bits per heavy atom. The van der Waals surface area contributed by atoms with E-state index in [0.717, 1.165) is 29.9 Å². The third-order valence-electron chi connectivity index (χ3n) is 5.51. The Hall–Kier alpha value is -2.12. The van der Waals surface area contributed by atoms with Crippen molar-refractivity contribution < 1.29 is 4.79 Å². The van der Waals surface area contributed by atoms with Crippen LogP contribution in [0.15, 0.2) is 28.5 Å². The van der Waals surface area contributed by atoms with E-state index >= 15 is 0 Å². The molecule has 1 aliphatic heterocycles. The molecule has 1 aromatic carbocycles. The van der Waals surface area contributed by atoms with Gasteiger partial charge in [0.1, 0.15) is 0 Å². The summed E-state index contributed by atoms with van der Waals surface area (Å²) in [7, 11) is 0. The number of aromatic nitrogens is 2. The number of nitrogens with zero attached hydrogens (tertiary/aromatic N) is 4. The standard InChI is InChI=1S/C23H30ClN5OS/c1-7-29-20-10-19(24)17(9-18(20)14(2)11-23(29,5)6)12-25-28-21(30)13-31-22-26-15(3)8-16(4)27-22/h8-10,12,14H,7,11,13H2,1-6H3,(H,28,30)/b25-12-. The van der Waals surface area contributed by atoms with E-state index in [2.05, 4.69) is 59.2 Å². The highest BCUT2D eigenvalue weighted by Crippen LogP contribution is 2.44. The van der Waals surface area contributed by atoms with Crippen LogP contribution in [0.1, 0.15) is 62.5 Å². The number of nitrogens with one attached hydrogen (secondary N) is 1. The predicted molar refractivity (Wildman–Crippen MR) is 130 cm³/mol. The normalized spacial score (nSPS) is 17.6. The van der Waals surface area contributed by atoms with Crippen LogP contribution in [0.4, 0.5) is 5.69 Å². The van der Waals surface area contributed by atoms with Gasteiger partial charge in [-0.1, -0.05) is 30.3 Å². The van der Waals surface area contributed by atoms with Gasteiger partial charge >= 0.3 is 0 Å². The zero-order valence-corrected chi connectivity index (χ0v) is 20.6. The highest BCUT2D eigenvalue weighted by molar-refractivity contribution is 7.99. The molecule has 0 bridgehead atoms. The summed E-state index contributed by atoms with van der Waals surface area (Å²) in [4.78, 5) is 23.2. The highest BCUT2D eigenvalue weighted by atomic mass is 35.5. The number of halogens is 1. The molecule has 2 aromatic rings. The van der Waals surface area contributed by atoms with Crippen LogP contribution in [0.3, 0.4) is 0 Å². The van der Waals surface area contributed by atoms with E-state index < -0.39 is 0 Å². The van der Waals surface area contributed by atoms with Gasteiger partial charge in [-0.05, 0) is 70.7 Å². The van der Waals surface area contributed by atoms with Gasteiger partial charge in [0, 0.05) is 34.7 Å². The first-order chi connectivity index (χ1) is 14.6. The minimum Gasteiger partial charge on any atom is -0.366 e. The molecule has 0 radical (unpaired) electrons. The van der Waals surface area contributed by atoms with E-state index in [1.807, 2.05) is 26.0 Å². The molecule has 1 N–H and O–H groups in total. The van der Waals surface area contributed by atoms with E-state index in [9.17, 15) is 4.79 Å². The SMILES string of the molecule is CCN1c2cc(Cl)c(/C=N\NC(=O)CSc3nc(C)cc(C)n3)cc2C(C)CC1(C)C. The first-order valence-corrected chi connectivity index (χ1v) is 11.8. The van der Waals surface area contributed by atoms with Crippen LogP contribution in [0.2, 0.25) is 5.02 Å². The average molecular weight is 460 g/mol. The molecule has 1 unspecified atom stereocenters. The number of hydrogen-bond donors (Lipinski definition) is 1. The summed E-state index contributed by atoms with van der Waals surface area (Å²) in [5.74, 6) is 0.391. The van der Waals surface area contributed by atoms with Crippen molar-refractivity contribution in [1.29, 1.82) is 0 Å². The van der Waals surface area contributed by atoms with Crippen LogP contribution in [0, 0.1) is 13.8 Å². The van der Waals surface area contributed by atoms with Gasteiger partial charge < -0.3 is 4.90 Å². The number of hydrogen-bond acceptors (Lipinski definition) is 6. The van der Waals surface area contributed by atoms with Crippen LogP contribution >= 0.6 is 23.4 Å². The maximum Gasteiger partial charge on any atom is 0.250 e. The Kier molecular flexibility index (Phi) is 7.27. The lowest BCUT2D eigenvalue weighted by molar-refractivity contribution is -0.118. The van der Waals surface area contributed by atoms with Gasteiger partial charge in [-0.25, -0.2) is 15.4 Å². The van der Waals surface area contributed by atoms with Crippen LogP contribution in [0.5, 0.6) is 0 Å². The van der Waals surface area contributed by atoms with Crippen molar-refractivity contribution in [2.24, 2.45) is 5.10 Å². The van der Waals surface area contributed by atoms with Crippen molar-refractivity contribution in [2.75, 3.05) is 17.2 Å². The van der Waals surface area contributed by atoms with Crippen molar-refractivity contribution in [1.82, 2.24) is 15.4 Å². The zero-order chi connectivity index (χ0) is 22.8. The maximum atomic E-state index is 12.2. The molecule has 0 fully saturated rings. The monoisotopic (exact) mass is 459 g/mol. The van der Waals surface area contributed by atoms with Gasteiger partial charge in [0.15, 0.2) is 5.16 Å². The Bertz CT molecular complexity index is 987. The first-order valence-electron chi connectivity index (χ1n) is 10.5. The highest BCUT2D eigenvalue weighted by Gasteiger charge is 2.35. The topological polar surface area (TPSA) is 70.5 Å². The molecule has 2 heterocycles. The Labute approximate surface area is 193 Å². The fourth-order valence-corrected chi connectivity index (χ4v) is 5.26. The molecule has 3 rings (SSSR count). The van der Waals surface area contributed by atoms with Crippen molar-refractivity contribution >= 4 is 41.2 Å². The van der Waals surface area contributed by atoms with Crippen molar-refractivity contribution in [3.05, 3.63) is 45.7 Å². The summed E-state index contributed by atoms with van der Waals surface area (Å²) in [6.07, 6.45) is 2.68. The number of amides is 1. The molecule has 1 atom stereocenters. The quantitative estimate of drug-likeness (QED) is 0.281. The minimum absolute atomic E-state index is 0.0886. The fourth-order valence-electron chi connectivity index (χ4n) is 4.31. The second-order valence-corrected chi connectivity index (χ2v) is 9.96. The van der Waals surface area contributed by atoms with Gasteiger partial charge in [-0.2, -0.15) is 5.10 Å². The maximum absolute atomic E-state index is 12.2. The second kappa shape index (κ2) is 9.57. The fraction of sp³-hybridized carbons (Fsp3) is 0.478. The van der Waals surface area contributed by atoms with Gasteiger partial charge in [-0.15, -0.1) is 0 Å². The molecule has 0 saturated heterocycles. The van der Waals surface area contributed by atoms with Crippen LogP contribution in [0.25, 0.3) is 0 Å². The number of rotatable bonds is 6. The number of benzene rings is 1. The molecule has 6 nitrogen and oxygen atoms in total. The van der Waals surface area contributed by atoms with Gasteiger partial charge in [0.2, 0.25) is 0 Å². The summed E-state index contributed by atoms with van der Waals surface area (Å²) in [6.45, 7) is 13.7. The largest absolute Gasteiger partial charge is 0.366 e. The molecule has 1 aromatic heterocycles. The van der Waals surface area contributed by atoms with E-state index in [4.69, 9.17) is 11.6 Å². The van der Waals surface area contributed by atoms with Gasteiger partial charge in [-0.3, -0.25) is 4.79 Å². The third kappa shape index (κ3) is 5.57. The number of anilines is 1. The Balaban J connectivity index is 1.67. The molecule has 0 saturated carbocycles. The van der Waals surface area contributed by atoms with Crippen LogP contribution in [-0.2, 0) is 4.79 Å². The molecular formula is C23H30ClN5OS. The van der Waals surface area contributed by atoms with Crippen molar-refractivity contribution in [3.8, 4) is 0 Å². The number of hydrazone groups is 1. The van der Waals surface area contributed by atoms with Gasteiger partial charge in [0.25, 0.3) is 5.91 Å². The van der Waals surface area contributed by atoms with E-state index in [1.54, 1.807) is 6.21 Å². The average Bonchev–Trinajstić information content (AvgIpc) is 2.66. The summed E-state index contributed by atoms with van der Waals surface area (Å²) >= 11 is 7.85. The Morgan fingerprint density at radius 2 is 2.00 bits per heavy atom. The lowest BCUT2D eigenvalue weighted by Crippen LogP contribution is -2.48. The predicted octanol–water partition coefficient (Wildman–Crippen LogP) is 5.10. The number of aryl methyl sites for hydroxylation is 2. The van der Waals surface area contributed by atoms with Gasteiger partial charge in [0.05, 0.1) is 17.0 Å². The Morgan fingerprint density at radius 3 is 2.65 bits per heavy atom. The lowest BCUT2D eigenvalue weighted by atomic mass is 9.79. The summed E-state index contributed by atoms with van der Waals surface area (Å²) in [5, 5.41) is 5.33. The number of carbonyl (C=O) groups excluding carboxylic acids is 1. The molecular weight excluding hydrogens is 430 g/mol. The van der Waals surface area contributed by atoms with E-state index in [0.29, 0.717) is 16.1 Å². The van der Waals surface area contributed by atoms with Crippen LogP contribution in [-0.4, -0.2) is 39.9 Å². The molecule has 0 aliphatic carbocycles. The number of carbonyl (C=O) groups is 1. The third-order valence-corrected chi connectivity index (χ3v) is 6.68. The molecule has 31 heavy (non-hydrogen) atoms. The smallest absolute Gasteiger partial charge is 0.250 e. The molecule has 8 heteroatoms. The molecule has 1 aliphatic rings. The summed E-state index contributed by atoms with van der Waals surface area (Å²) < 4.78 is 0. The van der Waals surface area contributed by atoms with E-state index in [1.165, 1.54) is 23.0 Å². The van der Waals surface area contributed by atoms with Crippen molar-refractivity contribution in [2.45, 2.75) is 64.6 Å². The van der Waals surface area contributed by atoms with E-state index in [-0.39, 0.29) is 17.2 Å². The summed E-state index contributed by atoms with van der Waals surface area (Å²) in [5.41, 5.74) is 7.67. The number of thioether (sulfide) groups is 1.